The molecule has 0 saturated carbocycles. The molecule has 8 heteroatoms. The Kier molecular flexibility index (Phi) is 5.09. The zero-order valence-corrected chi connectivity index (χ0v) is 14.0. The number of hydrazone groups is 1. The Morgan fingerprint density at radius 1 is 1.12 bits per heavy atom. The molecular formula is C18H12ClN3O4. The topological polar surface area (TPSA) is 97.7 Å². The van der Waals surface area contributed by atoms with Gasteiger partial charge >= 0.3 is 0 Å². The summed E-state index contributed by atoms with van der Waals surface area (Å²) in [4.78, 5) is 22.4. The van der Waals surface area contributed by atoms with Gasteiger partial charge in [-0.25, -0.2) is 5.43 Å². The van der Waals surface area contributed by atoms with Gasteiger partial charge in [0.15, 0.2) is 0 Å². The van der Waals surface area contributed by atoms with Crippen LogP contribution in [-0.4, -0.2) is 17.0 Å². The van der Waals surface area contributed by atoms with E-state index in [2.05, 4.69) is 10.5 Å². The smallest absolute Gasteiger partial charge is 0.282 e. The van der Waals surface area contributed by atoms with E-state index in [1.807, 2.05) is 12.1 Å². The van der Waals surface area contributed by atoms with E-state index < -0.39 is 10.8 Å². The molecule has 1 heterocycles. The highest BCUT2D eigenvalue weighted by molar-refractivity contribution is 6.30. The van der Waals surface area contributed by atoms with Crippen LogP contribution >= 0.6 is 11.6 Å². The summed E-state index contributed by atoms with van der Waals surface area (Å²) in [6, 6.07) is 16.2. The van der Waals surface area contributed by atoms with Gasteiger partial charge in [-0.3, -0.25) is 14.9 Å². The molecule has 26 heavy (non-hydrogen) atoms. The third-order valence-corrected chi connectivity index (χ3v) is 3.71. The molecule has 1 N–H and O–H groups in total. The number of nitrogens with zero attached hydrogens (tertiary/aromatic N) is 2. The largest absolute Gasteiger partial charge is 0.455 e. The standard InChI is InChI=1S/C18H12ClN3O4/c19-13-7-5-12(6-8-13)17-10-9-14(26-17)11-20-21-18(23)15-3-1-2-4-16(15)22(24)25/h1-11H,(H,21,23)/b20-11-. The summed E-state index contributed by atoms with van der Waals surface area (Å²) in [6.45, 7) is 0. The van der Waals surface area contributed by atoms with Gasteiger partial charge in [-0.15, -0.1) is 0 Å². The summed E-state index contributed by atoms with van der Waals surface area (Å²) in [5.41, 5.74) is 2.73. The van der Waals surface area contributed by atoms with Crippen molar-refractivity contribution in [2.24, 2.45) is 5.10 Å². The fourth-order valence-electron chi connectivity index (χ4n) is 2.23. The number of carbonyl (C=O) groups is 1. The fourth-order valence-corrected chi connectivity index (χ4v) is 2.36. The quantitative estimate of drug-likeness (QED) is 0.412. The average molecular weight is 370 g/mol. The number of halogens is 1. The fraction of sp³-hybridized carbons (Fsp3) is 0. The molecule has 0 fully saturated rings. The minimum atomic E-state index is -0.682. The number of hydrogen-bond donors (Lipinski definition) is 1. The molecule has 0 saturated heterocycles. The van der Waals surface area contributed by atoms with Gasteiger partial charge in [0.25, 0.3) is 11.6 Å². The zero-order chi connectivity index (χ0) is 18.5. The van der Waals surface area contributed by atoms with Crippen LogP contribution in [0.25, 0.3) is 11.3 Å². The number of nitrogens with one attached hydrogen (secondary N) is 1. The van der Waals surface area contributed by atoms with Crippen molar-refractivity contribution in [1.82, 2.24) is 5.43 Å². The number of amides is 1. The molecule has 7 nitrogen and oxygen atoms in total. The second kappa shape index (κ2) is 7.62. The van der Waals surface area contributed by atoms with Gasteiger partial charge in [0.05, 0.1) is 11.1 Å². The minimum absolute atomic E-state index is 0.0732. The molecule has 3 rings (SSSR count). The van der Waals surface area contributed by atoms with Crippen molar-refractivity contribution in [3.8, 4) is 11.3 Å². The van der Waals surface area contributed by atoms with Crippen LogP contribution in [0, 0.1) is 10.1 Å². The first-order valence-corrected chi connectivity index (χ1v) is 7.85. The highest BCUT2D eigenvalue weighted by atomic mass is 35.5. The Morgan fingerprint density at radius 3 is 2.58 bits per heavy atom. The molecule has 0 unspecified atom stereocenters. The average Bonchev–Trinajstić information content (AvgIpc) is 3.11. The van der Waals surface area contributed by atoms with Crippen molar-refractivity contribution in [2.45, 2.75) is 0 Å². The molecule has 0 atom stereocenters. The lowest BCUT2D eigenvalue weighted by atomic mass is 10.2. The van der Waals surface area contributed by atoms with E-state index in [0.29, 0.717) is 16.5 Å². The van der Waals surface area contributed by atoms with Crippen molar-refractivity contribution < 1.29 is 14.1 Å². The van der Waals surface area contributed by atoms with Gasteiger partial charge in [-0.1, -0.05) is 23.7 Å². The maximum absolute atomic E-state index is 12.0. The third-order valence-electron chi connectivity index (χ3n) is 3.46. The summed E-state index contributed by atoms with van der Waals surface area (Å²) in [5.74, 6) is 0.351. The number of para-hydroxylation sites is 1. The van der Waals surface area contributed by atoms with Gasteiger partial charge < -0.3 is 4.42 Å². The Labute approximate surface area is 153 Å². The molecule has 1 amide bonds. The molecule has 0 radical (unpaired) electrons. The van der Waals surface area contributed by atoms with E-state index in [9.17, 15) is 14.9 Å². The Hall–Kier alpha value is -3.45. The maximum Gasteiger partial charge on any atom is 0.282 e. The third kappa shape index (κ3) is 3.96. The van der Waals surface area contributed by atoms with Crippen molar-refractivity contribution in [3.05, 3.63) is 87.1 Å². The molecule has 2 aromatic carbocycles. The normalized spacial score (nSPS) is 10.8. The zero-order valence-electron chi connectivity index (χ0n) is 13.3. The van der Waals surface area contributed by atoms with Crippen LogP contribution in [0.1, 0.15) is 16.1 Å². The number of benzene rings is 2. The predicted octanol–water partition coefficient (Wildman–Crippen LogP) is 4.27. The molecule has 3 aromatic rings. The monoisotopic (exact) mass is 369 g/mol. The SMILES string of the molecule is O=C(N/N=C\c1ccc(-c2ccc(Cl)cc2)o1)c1ccccc1[N+](=O)[O-]. The lowest BCUT2D eigenvalue weighted by Crippen LogP contribution is -2.18. The van der Waals surface area contributed by atoms with Gasteiger partial charge in [-0.05, 0) is 42.5 Å². The van der Waals surface area contributed by atoms with E-state index in [-0.39, 0.29) is 11.3 Å². The first-order chi connectivity index (χ1) is 12.5. The summed E-state index contributed by atoms with van der Waals surface area (Å²) < 4.78 is 5.61. The van der Waals surface area contributed by atoms with E-state index in [1.165, 1.54) is 30.5 Å². The molecular weight excluding hydrogens is 358 g/mol. The van der Waals surface area contributed by atoms with Gasteiger partial charge in [0.2, 0.25) is 0 Å². The lowest BCUT2D eigenvalue weighted by molar-refractivity contribution is -0.385. The Morgan fingerprint density at radius 2 is 1.85 bits per heavy atom. The number of hydrogen-bond acceptors (Lipinski definition) is 5. The molecule has 0 aliphatic carbocycles. The van der Waals surface area contributed by atoms with Crippen LogP contribution in [0.4, 0.5) is 5.69 Å². The molecule has 0 bridgehead atoms. The van der Waals surface area contributed by atoms with Crippen molar-refractivity contribution in [1.29, 1.82) is 0 Å². The van der Waals surface area contributed by atoms with E-state index in [0.717, 1.165) is 5.56 Å². The molecule has 130 valence electrons. The maximum atomic E-state index is 12.0. The van der Waals surface area contributed by atoms with E-state index in [4.69, 9.17) is 16.0 Å². The number of nitro groups is 1. The number of carbonyl (C=O) groups excluding carboxylic acids is 1. The second-order valence-electron chi connectivity index (χ2n) is 5.18. The van der Waals surface area contributed by atoms with Crippen LogP contribution in [0.3, 0.4) is 0 Å². The molecule has 0 aliphatic rings. The molecule has 0 spiro atoms. The summed E-state index contributed by atoms with van der Waals surface area (Å²) in [6.07, 6.45) is 1.31. The summed E-state index contributed by atoms with van der Waals surface area (Å²) >= 11 is 5.85. The van der Waals surface area contributed by atoms with Crippen LogP contribution in [0.15, 0.2) is 70.2 Å². The summed E-state index contributed by atoms with van der Waals surface area (Å²) in [7, 11) is 0. The van der Waals surface area contributed by atoms with Crippen LogP contribution in [0.2, 0.25) is 5.02 Å². The number of furan rings is 1. The predicted molar refractivity (Wildman–Crippen MR) is 97.3 cm³/mol. The highest BCUT2D eigenvalue weighted by Crippen LogP contribution is 2.23. The van der Waals surface area contributed by atoms with Crippen LogP contribution < -0.4 is 5.43 Å². The van der Waals surface area contributed by atoms with Crippen molar-refractivity contribution >= 4 is 29.4 Å². The minimum Gasteiger partial charge on any atom is -0.455 e. The number of rotatable bonds is 5. The van der Waals surface area contributed by atoms with E-state index in [1.54, 1.807) is 24.3 Å². The first-order valence-electron chi connectivity index (χ1n) is 7.47. The highest BCUT2D eigenvalue weighted by Gasteiger charge is 2.18. The van der Waals surface area contributed by atoms with Crippen LogP contribution in [0.5, 0.6) is 0 Å². The van der Waals surface area contributed by atoms with Gasteiger partial charge in [-0.2, -0.15) is 5.10 Å². The van der Waals surface area contributed by atoms with E-state index >= 15 is 0 Å². The Bertz CT molecular complexity index is 980. The van der Waals surface area contributed by atoms with Crippen molar-refractivity contribution in [3.63, 3.8) is 0 Å². The molecule has 0 aliphatic heterocycles. The Balaban J connectivity index is 1.69. The van der Waals surface area contributed by atoms with Crippen LogP contribution in [-0.2, 0) is 0 Å². The number of nitro benzene ring substituents is 1. The molecule has 1 aromatic heterocycles. The summed E-state index contributed by atoms with van der Waals surface area (Å²) in [5, 5.41) is 15.3. The van der Waals surface area contributed by atoms with Gasteiger partial charge in [0, 0.05) is 16.7 Å². The lowest BCUT2D eigenvalue weighted by Gasteiger charge is -2.00. The van der Waals surface area contributed by atoms with Gasteiger partial charge in [0.1, 0.15) is 17.1 Å². The first kappa shape index (κ1) is 17.4. The van der Waals surface area contributed by atoms with Crippen molar-refractivity contribution in [2.75, 3.05) is 0 Å². The second-order valence-corrected chi connectivity index (χ2v) is 5.62.